The van der Waals surface area contributed by atoms with E-state index < -0.39 is 11.6 Å². The first-order chi connectivity index (χ1) is 15.5. The number of halogens is 2. The third-order valence-corrected chi connectivity index (χ3v) is 6.26. The van der Waals surface area contributed by atoms with Gasteiger partial charge in [-0.1, -0.05) is 6.07 Å². The van der Waals surface area contributed by atoms with Gasteiger partial charge in [-0.05, 0) is 19.4 Å². The predicted octanol–water partition coefficient (Wildman–Crippen LogP) is 2.93. The summed E-state index contributed by atoms with van der Waals surface area (Å²) >= 11 is 0. The molecular weight excluding hydrogens is 414 g/mol. The number of nitrogens with one attached hydrogen (secondary N) is 1. The van der Waals surface area contributed by atoms with E-state index in [9.17, 15) is 4.39 Å². The van der Waals surface area contributed by atoms with Gasteiger partial charge >= 0.3 is 0 Å². The largest absolute Gasteiger partial charge is 0.375 e. The molecule has 32 heavy (non-hydrogen) atoms. The standard InChI is InChI=1S/C23H26F2N6O/c1-14(18-4-3-15(11-26-2)12-28-18)31-22-17(25)9-16(24)10-19(22)29-23(31)30-7-5-21-20(13-30)27-6-8-32-21/h3-4,9-12,14,20-21,27H,5-8,13H2,1-2H3/b26-11+/t14-,20-,21-/m1/s1. The summed E-state index contributed by atoms with van der Waals surface area (Å²) in [5.41, 5.74) is 2.23. The first-order valence-electron chi connectivity index (χ1n) is 10.9. The average Bonchev–Trinajstić information content (AvgIpc) is 3.18. The van der Waals surface area contributed by atoms with Crippen molar-refractivity contribution in [2.75, 3.05) is 38.2 Å². The number of hydrogen-bond donors (Lipinski definition) is 1. The molecule has 9 heteroatoms. The van der Waals surface area contributed by atoms with E-state index >= 15 is 4.39 Å². The third kappa shape index (κ3) is 3.75. The van der Waals surface area contributed by atoms with Crippen molar-refractivity contribution in [3.63, 3.8) is 0 Å². The minimum Gasteiger partial charge on any atom is -0.375 e. The zero-order chi connectivity index (χ0) is 22.2. The average molecular weight is 440 g/mol. The first kappa shape index (κ1) is 21.0. The highest BCUT2D eigenvalue weighted by Crippen LogP contribution is 2.33. The Morgan fingerprint density at radius 2 is 2.19 bits per heavy atom. The van der Waals surface area contributed by atoms with Gasteiger partial charge in [0.15, 0.2) is 5.82 Å². The number of pyridine rings is 1. The molecule has 0 amide bonds. The minimum absolute atomic E-state index is 0.166. The van der Waals surface area contributed by atoms with Crippen molar-refractivity contribution in [1.82, 2.24) is 19.9 Å². The zero-order valence-electron chi connectivity index (χ0n) is 18.1. The number of piperidine rings is 1. The van der Waals surface area contributed by atoms with Crippen LogP contribution in [0.1, 0.15) is 30.6 Å². The molecular formula is C23H26F2N6O. The molecule has 4 heterocycles. The smallest absolute Gasteiger partial charge is 0.207 e. The molecule has 3 aromatic rings. The maximum atomic E-state index is 15.0. The van der Waals surface area contributed by atoms with Gasteiger partial charge in [-0.15, -0.1) is 0 Å². The summed E-state index contributed by atoms with van der Waals surface area (Å²) in [6.45, 7) is 4.88. The quantitative estimate of drug-likeness (QED) is 0.632. The Morgan fingerprint density at radius 1 is 1.31 bits per heavy atom. The second kappa shape index (κ2) is 8.55. The topological polar surface area (TPSA) is 67.6 Å². The van der Waals surface area contributed by atoms with Crippen molar-refractivity contribution in [2.45, 2.75) is 31.5 Å². The molecule has 0 radical (unpaired) electrons. The Morgan fingerprint density at radius 3 is 2.97 bits per heavy atom. The van der Waals surface area contributed by atoms with E-state index in [1.807, 2.05) is 23.6 Å². The summed E-state index contributed by atoms with van der Waals surface area (Å²) in [7, 11) is 1.71. The van der Waals surface area contributed by atoms with E-state index in [2.05, 4.69) is 25.2 Å². The van der Waals surface area contributed by atoms with E-state index in [1.54, 1.807) is 19.5 Å². The number of anilines is 1. The van der Waals surface area contributed by atoms with Crippen LogP contribution in [0.15, 0.2) is 35.5 Å². The number of nitrogens with zero attached hydrogens (tertiary/aromatic N) is 5. The lowest BCUT2D eigenvalue weighted by molar-refractivity contribution is -0.0137. The van der Waals surface area contributed by atoms with E-state index in [0.29, 0.717) is 24.6 Å². The van der Waals surface area contributed by atoms with Crippen LogP contribution in [0, 0.1) is 11.6 Å². The van der Waals surface area contributed by atoms with E-state index in [-0.39, 0.29) is 23.7 Å². The number of morpholine rings is 1. The van der Waals surface area contributed by atoms with Gasteiger partial charge in [0.2, 0.25) is 5.95 Å². The molecule has 2 aliphatic heterocycles. The first-order valence-corrected chi connectivity index (χ1v) is 10.9. The number of hydrogen-bond acceptors (Lipinski definition) is 6. The zero-order valence-corrected chi connectivity index (χ0v) is 18.1. The van der Waals surface area contributed by atoms with Crippen LogP contribution in [0.3, 0.4) is 0 Å². The molecule has 1 aromatic carbocycles. The van der Waals surface area contributed by atoms with Crippen molar-refractivity contribution in [3.05, 3.63) is 53.4 Å². The predicted molar refractivity (Wildman–Crippen MR) is 120 cm³/mol. The molecule has 0 saturated carbocycles. The number of rotatable bonds is 4. The van der Waals surface area contributed by atoms with Gasteiger partial charge in [-0.25, -0.2) is 13.8 Å². The molecule has 0 unspecified atom stereocenters. The van der Waals surface area contributed by atoms with Gasteiger partial charge in [0, 0.05) is 56.8 Å². The normalized spacial score (nSPS) is 22.4. The van der Waals surface area contributed by atoms with Crippen molar-refractivity contribution >= 4 is 23.2 Å². The van der Waals surface area contributed by atoms with Crippen LogP contribution in [0.2, 0.25) is 0 Å². The summed E-state index contributed by atoms with van der Waals surface area (Å²) in [4.78, 5) is 15.4. The van der Waals surface area contributed by atoms with Gasteiger partial charge in [-0.2, -0.15) is 0 Å². The van der Waals surface area contributed by atoms with E-state index in [1.165, 1.54) is 6.07 Å². The number of fused-ring (bicyclic) bond motifs is 2. The fraction of sp³-hybridized carbons (Fsp3) is 0.435. The molecule has 2 fully saturated rings. The lowest BCUT2D eigenvalue weighted by Crippen LogP contribution is -2.58. The van der Waals surface area contributed by atoms with Gasteiger partial charge < -0.3 is 15.0 Å². The van der Waals surface area contributed by atoms with Crippen molar-refractivity contribution in [3.8, 4) is 0 Å². The van der Waals surface area contributed by atoms with Crippen LogP contribution in [0.25, 0.3) is 11.0 Å². The number of ether oxygens (including phenoxy) is 1. The Hall–Kier alpha value is -2.91. The van der Waals surface area contributed by atoms with Crippen LogP contribution in [0.5, 0.6) is 0 Å². The Labute approximate surface area is 185 Å². The second-order valence-electron chi connectivity index (χ2n) is 8.32. The van der Waals surface area contributed by atoms with Crippen LogP contribution < -0.4 is 10.2 Å². The Kier molecular flexibility index (Phi) is 5.60. The van der Waals surface area contributed by atoms with Crippen LogP contribution in [-0.4, -0.2) is 66.2 Å². The van der Waals surface area contributed by atoms with Gasteiger partial charge in [-0.3, -0.25) is 14.5 Å². The number of aliphatic imine (C=N–C) groups is 1. The lowest BCUT2D eigenvalue weighted by atomic mass is 10.0. The molecule has 0 spiro atoms. The Bertz CT molecular complexity index is 1150. The summed E-state index contributed by atoms with van der Waals surface area (Å²) in [6, 6.07) is 5.89. The maximum Gasteiger partial charge on any atom is 0.207 e. The molecule has 7 nitrogen and oxygen atoms in total. The molecule has 2 aromatic heterocycles. The highest BCUT2D eigenvalue weighted by molar-refractivity contribution is 5.80. The number of imidazole rings is 1. The highest BCUT2D eigenvalue weighted by atomic mass is 19.1. The third-order valence-electron chi connectivity index (χ3n) is 6.26. The molecule has 5 rings (SSSR count). The van der Waals surface area contributed by atoms with E-state index in [0.717, 1.165) is 36.8 Å². The van der Waals surface area contributed by atoms with Gasteiger partial charge in [0.25, 0.3) is 0 Å². The highest BCUT2D eigenvalue weighted by Gasteiger charge is 2.35. The van der Waals surface area contributed by atoms with Crippen LogP contribution in [0.4, 0.5) is 14.7 Å². The molecule has 0 bridgehead atoms. The summed E-state index contributed by atoms with van der Waals surface area (Å²) in [5, 5.41) is 3.51. The molecule has 2 aliphatic rings. The summed E-state index contributed by atoms with van der Waals surface area (Å²) < 4.78 is 36.7. The fourth-order valence-electron chi connectivity index (χ4n) is 4.71. The fourth-order valence-corrected chi connectivity index (χ4v) is 4.71. The Balaban J connectivity index is 1.58. The minimum atomic E-state index is -0.638. The van der Waals surface area contributed by atoms with Gasteiger partial charge in [0.1, 0.15) is 11.3 Å². The number of aromatic nitrogens is 3. The van der Waals surface area contributed by atoms with Crippen molar-refractivity contribution in [1.29, 1.82) is 0 Å². The SMILES string of the molecule is C/N=C/c1ccc([C@@H](C)n2c(N3CC[C@H]4OCCN[C@@H]4C3)nc3cc(F)cc(F)c32)nc1. The molecule has 3 atom stereocenters. The van der Waals surface area contributed by atoms with Gasteiger partial charge in [0.05, 0.1) is 36.0 Å². The molecule has 1 N–H and O–H groups in total. The molecule has 2 saturated heterocycles. The maximum absolute atomic E-state index is 15.0. The molecule has 0 aliphatic carbocycles. The van der Waals surface area contributed by atoms with E-state index in [4.69, 9.17) is 4.74 Å². The summed E-state index contributed by atoms with van der Waals surface area (Å²) in [5.74, 6) is -0.653. The van der Waals surface area contributed by atoms with Crippen molar-refractivity contribution < 1.29 is 13.5 Å². The second-order valence-corrected chi connectivity index (χ2v) is 8.32. The van der Waals surface area contributed by atoms with Crippen LogP contribution in [-0.2, 0) is 4.74 Å². The van der Waals surface area contributed by atoms with Crippen LogP contribution >= 0.6 is 0 Å². The molecule has 168 valence electrons. The lowest BCUT2D eigenvalue weighted by Gasteiger charge is -2.42. The number of benzene rings is 1. The van der Waals surface area contributed by atoms with Crippen molar-refractivity contribution in [2.24, 2.45) is 4.99 Å². The summed E-state index contributed by atoms with van der Waals surface area (Å²) in [6.07, 6.45) is 4.47. The monoisotopic (exact) mass is 440 g/mol.